The molecule has 0 saturated heterocycles. The van der Waals surface area contributed by atoms with E-state index < -0.39 is 12.0 Å². The van der Waals surface area contributed by atoms with Crippen molar-refractivity contribution >= 4 is 44.2 Å². The third-order valence-corrected chi connectivity index (χ3v) is 6.40. The van der Waals surface area contributed by atoms with E-state index in [1.54, 1.807) is 11.3 Å². The van der Waals surface area contributed by atoms with Gasteiger partial charge in [0.25, 0.3) is 0 Å². The lowest BCUT2D eigenvalue weighted by molar-refractivity contribution is -0.306. The van der Waals surface area contributed by atoms with Crippen LogP contribution in [0.1, 0.15) is 22.4 Å². The van der Waals surface area contributed by atoms with Crippen LogP contribution in [0.25, 0.3) is 21.1 Å². The molecule has 136 valence electrons. The van der Waals surface area contributed by atoms with Gasteiger partial charge in [-0.1, -0.05) is 18.2 Å². The van der Waals surface area contributed by atoms with Crippen LogP contribution < -0.4 is 10.4 Å². The number of carbonyl (C=O) groups excluding carboxylic acids is 1. The highest BCUT2D eigenvalue weighted by atomic mass is 32.1. The number of hydrogen-bond acceptors (Lipinski definition) is 6. The topological polar surface area (TPSA) is 93.7 Å². The predicted molar refractivity (Wildman–Crippen MR) is 104 cm³/mol. The molecular weight excluding hydrogens is 360 g/mol. The number of para-hydroxylation sites is 1. The fourth-order valence-corrected chi connectivity index (χ4v) is 5.15. The van der Waals surface area contributed by atoms with Crippen LogP contribution >= 0.6 is 11.3 Å². The molecule has 0 bridgehead atoms. The van der Waals surface area contributed by atoms with Gasteiger partial charge in [-0.15, -0.1) is 11.3 Å². The summed E-state index contributed by atoms with van der Waals surface area (Å²) in [6.07, 6.45) is 6.86. The summed E-state index contributed by atoms with van der Waals surface area (Å²) < 4.78 is 0. The van der Waals surface area contributed by atoms with Crippen molar-refractivity contribution in [1.82, 2.24) is 15.0 Å². The number of carboxylic acid groups (broad SMARTS) is 1. The number of rotatable bonds is 5. The van der Waals surface area contributed by atoms with E-state index in [0.29, 0.717) is 12.2 Å². The van der Waals surface area contributed by atoms with Crippen LogP contribution in [0, 0.1) is 0 Å². The molecule has 0 amide bonds. The number of anilines is 1. The Bertz CT molecular complexity index is 1160. The first-order valence-corrected chi connectivity index (χ1v) is 9.80. The maximum absolute atomic E-state index is 11.8. The van der Waals surface area contributed by atoms with E-state index in [1.165, 1.54) is 16.8 Å². The third-order valence-electron chi connectivity index (χ3n) is 5.20. The van der Waals surface area contributed by atoms with Crippen LogP contribution in [0.4, 0.5) is 5.82 Å². The quantitative estimate of drug-likeness (QED) is 0.557. The number of carboxylic acids is 1. The van der Waals surface area contributed by atoms with Gasteiger partial charge in [-0.3, -0.25) is 0 Å². The molecule has 1 atom stereocenters. The van der Waals surface area contributed by atoms with Gasteiger partial charge in [-0.2, -0.15) is 0 Å². The summed E-state index contributed by atoms with van der Waals surface area (Å²) in [5.74, 6) is -0.549. The number of aromatic amines is 1. The molecule has 0 fully saturated rings. The van der Waals surface area contributed by atoms with Crippen LogP contribution in [-0.4, -0.2) is 27.0 Å². The van der Waals surface area contributed by atoms with Crippen molar-refractivity contribution in [3.63, 3.8) is 0 Å². The van der Waals surface area contributed by atoms with Crippen LogP contribution in [0.15, 0.2) is 36.8 Å². The van der Waals surface area contributed by atoms with Gasteiger partial charge in [-0.25, -0.2) is 9.97 Å². The molecule has 0 saturated carbocycles. The van der Waals surface area contributed by atoms with Gasteiger partial charge in [0.1, 0.15) is 17.0 Å². The lowest BCUT2D eigenvalue weighted by Crippen LogP contribution is -2.42. The minimum Gasteiger partial charge on any atom is -0.548 e. The van der Waals surface area contributed by atoms with Crippen LogP contribution in [0.3, 0.4) is 0 Å². The summed E-state index contributed by atoms with van der Waals surface area (Å²) in [6, 6.07) is 6.99. The number of H-pyrrole nitrogens is 1. The molecule has 7 heteroatoms. The predicted octanol–water partition coefficient (Wildman–Crippen LogP) is 2.43. The van der Waals surface area contributed by atoms with E-state index in [1.807, 2.05) is 30.5 Å². The van der Waals surface area contributed by atoms with E-state index >= 15 is 0 Å². The Morgan fingerprint density at radius 1 is 1.30 bits per heavy atom. The minimum absolute atomic E-state index is 0.310. The molecule has 3 heterocycles. The number of aryl methyl sites for hydroxylation is 2. The first-order chi connectivity index (χ1) is 13.2. The maximum Gasteiger partial charge on any atom is 0.138 e. The van der Waals surface area contributed by atoms with Crippen molar-refractivity contribution in [3.8, 4) is 0 Å². The smallest absolute Gasteiger partial charge is 0.138 e. The van der Waals surface area contributed by atoms with E-state index in [4.69, 9.17) is 0 Å². The number of aromatic nitrogens is 3. The molecule has 1 aliphatic carbocycles. The molecule has 27 heavy (non-hydrogen) atoms. The Kier molecular flexibility index (Phi) is 3.82. The molecular formula is C20H17N4O2S-. The molecule has 1 aromatic carbocycles. The lowest BCUT2D eigenvalue weighted by Gasteiger charge is -2.20. The zero-order valence-electron chi connectivity index (χ0n) is 14.5. The third kappa shape index (κ3) is 2.75. The van der Waals surface area contributed by atoms with Crippen molar-refractivity contribution in [2.24, 2.45) is 0 Å². The second kappa shape index (κ2) is 6.35. The second-order valence-corrected chi connectivity index (χ2v) is 7.92. The summed E-state index contributed by atoms with van der Waals surface area (Å²) in [7, 11) is 0. The van der Waals surface area contributed by atoms with E-state index in [2.05, 4.69) is 20.3 Å². The summed E-state index contributed by atoms with van der Waals surface area (Å²) in [6.45, 7) is 0. The van der Waals surface area contributed by atoms with Crippen molar-refractivity contribution in [2.75, 3.05) is 5.32 Å². The molecule has 0 spiro atoms. The van der Waals surface area contributed by atoms with Crippen LogP contribution in [0.2, 0.25) is 0 Å². The number of fused-ring (bicyclic) bond motifs is 4. The number of carbonyl (C=O) groups is 1. The highest BCUT2D eigenvalue weighted by Crippen LogP contribution is 2.39. The molecule has 0 unspecified atom stereocenters. The first-order valence-electron chi connectivity index (χ1n) is 8.98. The van der Waals surface area contributed by atoms with Gasteiger partial charge < -0.3 is 20.2 Å². The van der Waals surface area contributed by atoms with Gasteiger partial charge in [0.2, 0.25) is 0 Å². The summed E-state index contributed by atoms with van der Waals surface area (Å²) in [5, 5.41) is 17.0. The Hall–Kier alpha value is -2.93. The Balaban J connectivity index is 1.51. The second-order valence-electron chi connectivity index (χ2n) is 6.84. The summed E-state index contributed by atoms with van der Waals surface area (Å²) in [5.41, 5.74) is 3.19. The van der Waals surface area contributed by atoms with Gasteiger partial charge in [0, 0.05) is 28.4 Å². The SMILES string of the molecule is O=C([O-])[C@H](Cc1c[nH]c2ccccc12)Nc1ncnc2sc3c(c12)CCC3. The Morgan fingerprint density at radius 2 is 2.19 bits per heavy atom. The number of benzene rings is 1. The van der Waals surface area contributed by atoms with Crippen LogP contribution in [0.5, 0.6) is 0 Å². The highest BCUT2D eigenvalue weighted by Gasteiger charge is 2.23. The number of thiophene rings is 1. The molecule has 6 nitrogen and oxygen atoms in total. The Morgan fingerprint density at radius 3 is 3.07 bits per heavy atom. The van der Waals surface area contributed by atoms with Crippen molar-refractivity contribution < 1.29 is 9.90 Å². The number of nitrogens with zero attached hydrogens (tertiary/aromatic N) is 2. The molecule has 4 aromatic rings. The Labute approximate surface area is 159 Å². The fourth-order valence-electron chi connectivity index (χ4n) is 3.92. The molecule has 0 aliphatic heterocycles. The highest BCUT2D eigenvalue weighted by molar-refractivity contribution is 7.19. The molecule has 5 rings (SSSR count). The summed E-state index contributed by atoms with van der Waals surface area (Å²) in [4.78, 5) is 26.0. The van der Waals surface area contributed by atoms with E-state index in [-0.39, 0.29) is 0 Å². The molecule has 3 aromatic heterocycles. The normalized spacial score (nSPS) is 14.5. The van der Waals surface area contributed by atoms with Gasteiger partial charge >= 0.3 is 0 Å². The zero-order chi connectivity index (χ0) is 18.4. The zero-order valence-corrected chi connectivity index (χ0v) is 15.3. The summed E-state index contributed by atoms with van der Waals surface area (Å²) >= 11 is 1.68. The number of aliphatic carboxylic acids is 1. The molecule has 0 radical (unpaired) electrons. The first kappa shape index (κ1) is 16.3. The van der Waals surface area contributed by atoms with Crippen molar-refractivity contribution in [2.45, 2.75) is 31.7 Å². The number of nitrogens with one attached hydrogen (secondary N) is 2. The number of hydrogen-bond donors (Lipinski definition) is 2. The molecule has 2 N–H and O–H groups in total. The fraction of sp³-hybridized carbons (Fsp3) is 0.250. The van der Waals surface area contributed by atoms with Crippen molar-refractivity contribution in [3.05, 3.63) is 52.8 Å². The van der Waals surface area contributed by atoms with E-state index in [9.17, 15) is 9.90 Å². The van der Waals surface area contributed by atoms with Crippen molar-refractivity contribution in [1.29, 1.82) is 0 Å². The average Bonchev–Trinajstić information content (AvgIpc) is 3.35. The monoisotopic (exact) mass is 377 g/mol. The van der Waals surface area contributed by atoms with Gasteiger partial charge in [0.05, 0.1) is 17.4 Å². The van der Waals surface area contributed by atoms with Gasteiger partial charge in [-0.05, 0) is 36.5 Å². The maximum atomic E-state index is 11.8. The van der Waals surface area contributed by atoms with Crippen LogP contribution in [-0.2, 0) is 24.1 Å². The van der Waals surface area contributed by atoms with E-state index in [0.717, 1.165) is 45.9 Å². The largest absolute Gasteiger partial charge is 0.548 e. The molecule has 1 aliphatic rings. The van der Waals surface area contributed by atoms with Gasteiger partial charge in [0.15, 0.2) is 0 Å². The minimum atomic E-state index is -1.14. The standard InChI is InChI=1S/C20H18N4O2S/c25-20(26)15(8-11-9-21-14-6-2-1-4-12(11)14)24-18-17-13-5-3-7-16(13)27-19(17)23-10-22-18/h1-2,4,6,9-10,15,21H,3,5,7-8H2,(H,25,26)(H,22,23,24)/p-1/t15-/m0/s1. The average molecular weight is 377 g/mol. The lowest BCUT2D eigenvalue weighted by atomic mass is 10.0.